The van der Waals surface area contributed by atoms with Crippen molar-refractivity contribution in [2.45, 2.75) is 19.8 Å². The van der Waals surface area contributed by atoms with E-state index in [1.807, 2.05) is 38.1 Å². The van der Waals surface area contributed by atoms with E-state index >= 15 is 0 Å². The molecule has 4 nitrogen and oxygen atoms in total. The van der Waals surface area contributed by atoms with Crippen LogP contribution >= 0.6 is 23.2 Å². The van der Waals surface area contributed by atoms with E-state index in [-0.39, 0.29) is 12.5 Å². The molecule has 0 aliphatic carbocycles. The predicted molar refractivity (Wildman–Crippen MR) is 106 cm³/mol. The molecule has 0 saturated carbocycles. The van der Waals surface area contributed by atoms with Crippen LogP contribution in [-0.2, 0) is 14.3 Å². The van der Waals surface area contributed by atoms with E-state index in [0.717, 1.165) is 5.56 Å². The first kappa shape index (κ1) is 20.0. The Labute approximate surface area is 162 Å². The van der Waals surface area contributed by atoms with Gasteiger partial charge in [0, 0.05) is 21.8 Å². The van der Waals surface area contributed by atoms with Gasteiger partial charge in [-0.3, -0.25) is 4.79 Å². The van der Waals surface area contributed by atoms with Crippen LogP contribution in [0, 0.1) is 0 Å². The smallest absolute Gasteiger partial charge is 0.331 e. The number of rotatable bonds is 6. The van der Waals surface area contributed by atoms with Crippen LogP contribution in [0.5, 0.6) is 0 Å². The number of hydrogen-bond acceptors (Lipinski definition) is 3. The van der Waals surface area contributed by atoms with Crippen molar-refractivity contribution in [2.24, 2.45) is 0 Å². The van der Waals surface area contributed by atoms with E-state index in [4.69, 9.17) is 27.9 Å². The number of carbonyl (C=O) groups is 2. The van der Waals surface area contributed by atoms with E-state index in [2.05, 4.69) is 5.32 Å². The van der Waals surface area contributed by atoms with Crippen LogP contribution < -0.4 is 5.32 Å². The zero-order valence-corrected chi connectivity index (χ0v) is 16.0. The van der Waals surface area contributed by atoms with Crippen LogP contribution in [0.2, 0.25) is 10.0 Å². The minimum absolute atomic E-state index is 0.265. The average molecular weight is 392 g/mol. The summed E-state index contributed by atoms with van der Waals surface area (Å²) < 4.78 is 4.95. The van der Waals surface area contributed by atoms with Crippen LogP contribution in [0.4, 0.5) is 5.69 Å². The van der Waals surface area contributed by atoms with E-state index in [9.17, 15) is 9.59 Å². The lowest BCUT2D eigenvalue weighted by Crippen LogP contribution is -2.21. The number of nitrogens with one attached hydrogen (secondary N) is 1. The number of para-hydroxylation sites is 1. The van der Waals surface area contributed by atoms with E-state index in [1.54, 1.807) is 18.2 Å². The summed E-state index contributed by atoms with van der Waals surface area (Å²) >= 11 is 11.8. The molecule has 2 aromatic rings. The zero-order valence-electron chi connectivity index (χ0n) is 14.5. The summed E-state index contributed by atoms with van der Waals surface area (Å²) in [6.45, 7) is 3.71. The molecular formula is C20H19Cl2NO3. The lowest BCUT2D eigenvalue weighted by molar-refractivity contribution is -0.142. The summed E-state index contributed by atoms with van der Waals surface area (Å²) in [5.74, 6) is -0.770. The summed E-state index contributed by atoms with van der Waals surface area (Å²) in [6.07, 6.45) is 2.72. The van der Waals surface area contributed by atoms with Gasteiger partial charge >= 0.3 is 5.97 Å². The Morgan fingerprint density at radius 2 is 1.88 bits per heavy atom. The van der Waals surface area contributed by atoms with Crippen molar-refractivity contribution in [3.8, 4) is 0 Å². The molecule has 0 aliphatic heterocycles. The van der Waals surface area contributed by atoms with Crippen molar-refractivity contribution in [1.29, 1.82) is 0 Å². The van der Waals surface area contributed by atoms with E-state index in [1.165, 1.54) is 12.2 Å². The zero-order chi connectivity index (χ0) is 19.1. The highest BCUT2D eigenvalue weighted by Crippen LogP contribution is 2.24. The second-order valence-electron chi connectivity index (χ2n) is 5.90. The second-order valence-corrected chi connectivity index (χ2v) is 6.74. The van der Waals surface area contributed by atoms with Gasteiger partial charge in [-0.25, -0.2) is 4.79 Å². The number of hydrogen-bond donors (Lipinski definition) is 1. The minimum atomic E-state index is -0.636. The fourth-order valence-electron chi connectivity index (χ4n) is 2.28. The average Bonchev–Trinajstić information content (AvgIpc) is 2.59. The fraction of sp³-hybridized carbons (Fsp3) is 0.200. The maximum Gasteiger partial charge on any atom is 0.331 e. The Morgan fingerprint density at radius 3 is 2.58 bits per heavy atom. The Morgan fingerprint density at radius 1 is 1.15 bits per heavy atom. The lowest BCUT2D eigenvalue weighted by Gasteiger charge is -2.13. The van der Waals surface area contributed by atoms with Gasteiger partial charge in [0.1, 0.15) is 0 Å². The van der Waals surface area contributed by atoms with Gasteiger partial charge in [-0.15, -0.1) is 0 Å². The highest BCUT2D eigenvalue weighted by atomic mass is 35.5. The van der Waals surface area contributed by atoms with Crippen LogP contribution in [-0.4, -0.2) is 18.5 Å². The van der Waals surface area contributed by atoms with Crippen molar-refractivity contribution >= 4 is 46.8 Å². The summed E-state index contributed by atoms with van der Waals surface area (Å²) in [6, 6.07) is 12.4. The molecule has 0 radical (unpaired) electrons. The van der Waals surface area contributed by atoms with Crippen LogP contribution in [0.1, 0.15) is 30.9 Å². The Balaban J connectivity index is 1.89. The summed E-state index contributed by atoms with van der Waals surface area (Å²) in [5, 5.41) is 3.69. The Kier molecular flexibility index (Phi) is 7.25. The SMILES string of the molecule is CC(C)c1ccccc1NC(=O)COC(=O)/C=C/c1ccc(Cl)cc1Cl. The van der Waals surface area contributed by atoms with Gasteiger partial charge in [0.25, 0.3) is 5.91 Å². The minimum Gasteiger partial charge on any atom is -0.452 e. The molecule has 0 saturated heterocycles. The van der Waals surface area contributed by atoms with Crippen molar-refractivity contribution in [2.75, 3.05) is 11.9 Å². The largest absolute Gasteiger partial charge is 0.452 e. The van der Waals surface area contributed by atoms with Crippen LogP contribution in [0.3, 0.4) is 0 Å². The number of esters is 1. The molecule has 0 bridgehead atoms. The van der Waals surface area contributed by atoms with Crippen LogP contribution in [0.25, 0.3) is 6.08 Å². The third-order valence-electron chi connectivity index (χ3n) is 3.56. The number of carbonyl (C=O) groups excluding carboxylic acids is 2. The molecule has 2 aromatic carbocycles. The van der Waals surface area contributed by atoms with Gasteiger partial charge in [0.2, 0.25) is 0 Å². The first-order valence-electron chi connectivity index (χ1n) is 8.05. The molecule has 1 N–H and O–H groups in total. The number of anilines is 1. The molecule has 2 rings (SSSR count). The first-order valence-corrected chi connectivity index (χ1v) is 8.81. The summed E-state index contributed by atoms with van der Waals surface area (Å²) in [4.78, 5) is 23.8. The van der Waals surface area contributed by atoms with Gasteiger partial charge in [0.05, 0.1) is 0 Å². The quantitative estimate of drug-likeness (QED) is 0.535. The standard InChI is InChI=1S/C20H19Cl2NO3/c1-13(2)16-5-3-4-6-18(16)23-19(24)12-26-20(25)10-8-14-7-9-15(21)11-17(14)22/h3-11,13H,12H2,1-2H3,(H,23,24)/b10-8+. The highest BCUT2D eigenvalue weighted by molar-refractivity contribution is 6.35. The molecule has 1 amide bonds. The van der Waals surface area contributed by atoms with Gasteiger partial charge in [-0.1, -0.05) is 61.3 Å². The Bertz CT molecular complexity index is 832. The van der Waals surface area contributed by atoms with E-state index < -0.39 is 11.9 Å². The molecular weight excluding hydrogens is 373 g/mol. The van der Waals surface area contributed by atoms with Crippen LogP contribution in [0.15, 0.2) is 48.5 Å². The topological polar surface area (TPSA) is 55.4 Å². The molecule has 0 atom stereocenters. The predicted octanol–water partition coefficient (Wildman–Crippen LogP) is 5.31. The van der Waals surface area contributed by atoms with Crippen molar-refractivity contribution in [3.05, 3.63) is 69.7 Å². The molecule has 0 heterocycles. The van der Waals surface area contributed by atoms with Gasteiger partial charge in [-0.2, -0.15) is 0 Å². The monoisotopic (exact) mass is 391 g/mol. The number of halogens is 2. The molecule has 0 unspecified atom stereocenters. The third kappa shape index (κ3) is 5.90. The fourth-order valence-corrected chi connectivity index (χ4v) is 2.75. The maximum atomic E-state index is 12.0. The molecule has 0 aromatic heterocycles. The molecule has 0 aliphatic rings. The number of amides is 1. The van der Waals surface area contributed by atoms with Gasteiger partial charge < -0.3 is 10.1 Å². The third-order valence-corrected chi connectivity index (χ3v) is 4.13. The van der Waals surface area contributed by atoms with E-state index in [0.29, 0.717) is 21.3 Å². The van der Waals surface area contributed by atoms with Crippen molar-refractivity contribution in [3.63, 3.8) is 0 Å². The number of benzene rings is 2. The van der Waals surface area contributed by atoms with Gasteiger partial charge in [0.15, 0.2) is 6.61 Å². The summed E-state index contributed by atoms with van der Waals surface area (Å²) in [7, 11) is 0. The number of ether oxygens (including phenoxy) is 1. The molecule has 136 valence electrons. The first-order chi connectivity index (χ1) is 12.4. The normalized spacial score (nSPS) is 11.0. The molecule has 26 heavy (non-hydrogen) atoms. The van der Waals surface area contributed by atoms with Gasteiger partial charge in [-0.05, 0) is 41.3 Å². The maximum absolute atomic E-state index is 12.0. The highest BCUT2D eigenvalue weighted by Gasteiger charge is 2.10. The van der Waals surface area contributed by atoms with Crippen molar-refractivity contribution < 1.29 is 14.3 Å². The summed E-state index contributed by atoms with van der Waals surface area (Å²) in [5.41, 5.74) is 2.36. The lowest BCUT2D eigenvalue weighted by atomic mass is 10.0. The molecule has 0 spiro atoms. The Hall–Kier alpha value is -2.30. The molecule has 6 heteroatoms. The van der Waals surface area contributed by atoms with Crippen molar-refractivity contribution in [1.82, 2.24) is 0 Å². The second kappa shape index (κ2) is 9.41. The molecule has 0 fully saturated rings.